The number of carbonyl (C=O) groups excluding carboxylic acids is 2. The van der Waals surface area contributed by atoms with E-state index in [-0.39, 0.29) is 53.6 Å². The van der Waals surface area contributed by atoms with Crippen LogP contribution in [0.25, 0.3) is 16.8 Å². The van der Waals surface area contributed by atoms with Crippen LogP contribution >= 0.6 is 11.6 Å². The first-order valence-electron chi connectivity index (χ1n) is 10.8. The van der Waals surface area contributed by atoms with Gasteiger partial charge < -0.3 is 16.0 Å². The third-order valence-corrected chi connectivity index (χ3v) is 6.65. The molecule has 3 heterocycles. The molecule has 0 radical (unpaired) electrons. The van der Waals surface area contributed by atoms with E-state index < -0.39 is 47.0 Å². The van der Waals surface area contributed by atoms with Gasteiger partial charge >= 0.3 is 6.18 Å². The molecule has 1 saturated carbocycles. The van der Waals surface area contributed by atoms with Crippen molar-refractivity contribution >= 4 is 34.7 Å². The normalized spacial score (nSPS) is 21.1. The number of likely N-dealkylation sites (tertiary alicyclic amines) is 1. The maximum Gasteiger partial charge on any atom is 0.418 e. The van der Waals surface area contributed by atoms with Gasteiger partial charge in [-0.05, 0) is 31.0 Å². The average molecular weight is 529 g/mol. The maximum atomic E-state index is 14.6. The molecule has 1 aliphatic carbocycles. The molecule has 2 amide bonds. The Balaban J connectivity index is 1.44. The zero-order valence-corrected chi connectivity index (χ0v) is 19.1. The van der Waals surface area contributed by atoms with Gasteiger partial charge in [0.1, 0.15) is 18.0 Å². The van der Waals surface area contributed by atoms with Crippen molar-refractivity contribution in [2.45, 2.75) is 36.9 Å². The monoisotopic (exact) mass is 528 g/mol. The standard InChI is InChI=1S/C22H18ClF5N6O2/c23-13-2-1-10(16-6-12(22(26,27)28)17-18(29)30-9-31-34(16)17)5-11(13)19(35)32-15-8-33(7-14(15)24)20(36)21(25)3-4-21/h1-2,5-6,9,14-15H,3-4,7-8H2,(H,32,35)(H2,29,30,31)/t14-,15+/m0/s1. The summed E-state index contributed by atoms with van der Waals surface area (Å²) < 4.78 is 70.5. The summed E-state index contributed by atoms with van der Waals surface area (Å²) in [7, 11) is 0. The molecule has 1 aliphatic heterocycles. The molecule has 1 aromatic carbocycles. The van der Waals surface area contributed by atoms with Crippen molar-refractivity contribution in [3.05, 3.63) is 46.7 Å². The molecule has 190 valence electrons. The van der Waals surface area contributed by atoms with E-state index in [9.17, 15) is 31.5 Å². The molecule has 2 fully saturated rings. The number of nitrogens with two attached hydrogens (primary N) is 1. The lowest BCUT2D eigenvalue weighted by Crippen LogP contribution is -2.43. The topological polar surface area (TPSA) is 106 Å². The van der Waals surface area contributed by atoms with Crippen molar-refractivity contribution in [3.63, 3.8) is 0 Å². The molecular formula is C22H18ClF5N6O2. The lowest BCUT2D eigenvalue weighted by atomic mass is 10.1. The van der Waals surface area contributed by atoms with Gasteiger partial charge in [0.15, 0.2) is 11.5 Å². The number of nitrogens with zero attached hydrogens (tertiary/aromatic N) is 4. The quantitative estimate of drug-likeness (QED) is 0.505. The number of carbonyl (C=O) groups is 2. The van der Waals surface area contributed by atoms with E-state index in [0.717, 1.165) is 21.8 Å². The van der Waals surface area contributed by atoms with Gasteiger partial charge in [-0.3, -0.25) is 9.59 Å². The van der Waals surface area contributed by atoms with Crippen LogP contribution in [-0.4, -0.2) is 62.3 Å². The molecule has 2 aliphatic rings. The summed E-state index contributed by atoms with van der Waals surface area (Å²) in [5.41, 5.74) is 2.19. The lowest BCUT2D eigenvalue weighted by Gasteiger charge is -2.18. The highest BCUT2D eigenvalue weighted by Gasteiger charge is 2.54. The van der Waals surface area contributed by atoms with E-state index >= 15 is 0 Å². The third-order valence-electron chi connectivity index (χ3n) is 6.32. The Morgan fingerprint density at radius 2 is 1.92 bits per heavy atom. The Bertz CT molecular complexity index is 1390. The van der Waals surface area contributed by atoms with Crippen molar-refractivity contribution in [3.8, 4) is 11.3 Å². The fraction of sp³-hybridized carbons (Fsp3) is 0.364. The van der Waals surface area contributed by atoms with Crippen molar-refractivity contribution in [1.29, 1.82) is 0 Å². The number of benzene rings is 1. The summed E-state index contributed by atoms with van der Waals surface area (Å²) in [5, 5.41) is 6.28. The molecule has 5 rings (SSSR count). The van der Waals surface area contributed by atoms with E-state index in [1.807, 2.05) is 0 Å². The number of rotatable bonds is 4. The van der Waals surface area contributed by atoms with Crippen molar-refractivity contribution in [2.24, 2.45) is 0 Å². The molecule has 0 unspecified atom stereocenters. The molecule has 36 heavy (non-hydrogen) atoms. The first-order valence-corrected chi connectivity index (χ1v) is 11.2. The number of nitrogen functional groups attached to an aromatic ring is 1. The summed E-state index contributed by atoms with van der Waals surface area (Å²) in [6, 6.07) is 3.66. The van der Waals surface area contributed by atoms with Gasteiger partial charge in [-0.15, -0.1) is 0 Å². The van der Waals surface area contributed by atoms with Crippen LogP contribution in [-0.2, 0) is 11.0 Å². The summed E-state index contributed by atoms with van der Waals surface area (Å²) in [6.45, 7) is -0.579. The second-order valence-corrected chi connectivity index (χ2v) is 9.22. The molecule has 14 heteroatoms. The van der Waals surface area contributed by atoms with Gasteiger partial charge in [0.25, 0.3) is 11.8 Å². The largest absolute Gasteiger partial charge is 0.418 e. The highest BCUT2D eigenvalue weighted by molar-refractivity contribution is 6.34. The maximum absolute atomic E-state index is 14.6. The minimum Gasteiger partial charge on any atom is -0.382 e. The van der Waals surface area contributed by atoms with E-state index in [1.165, 1.54) is 18.2 Å². The first kappa shape index (κ1) is 24.2. The number of hydrogen-bond donors (Lipinski definition) is 2. The summed E-state index contributed by atoms with van der Waals surface area (Å²) >= 11 is 6.17. The number of fused-ring (bicyclic) bond motifs is 1. The Morgan fingerprint density at radius 1 is 1.19 bits per heavy atom. The lowest BCUT2D eigenvalue weighted by molar-refractivity contribution is -0.137. The van der Waals surface area contributed by atoms with Crippen molar-refractivity contribution in [1.82, 2.24) is 24.8 Å². The first-order chi connectivity index (χ1) is 16.9. The van der Waals surface area contributed by atoms with Gasteiger partial charge in [0, 0.05) is 12.1 Å². The Labute approximate surface area is 205 Å². The summed E-state index contributed by atoms with van der Waals surface area (Å²) in [5.74, 6) is -1.99. The Hall–Kier alpha value is -3.48. The predicted octanol–water partition coefficient (Wildman–Crippen LogP) is 3.43. The fourth-order valence-electron chi connectivity index (χ4n) is 4.27. The Morgan fingerprint density at radius 3 is 2.58 bits per heavy atom. The molecule has 8 nitrogen and oxygen atoms in total. The Kier molecular flexibility index (Phi) is 5.58. The zero-order valence-electron chi connectivity index (χ0n) is 18.3. The molecule has 0 spiro atoms. The number of nitrogens with one attached hydrogen (secondary N) is 1. The van der Waals surface area contributed by atoms with Gasteiger partial charge in [0.2, 0.25) is 0 Å². The summed E-state index contributed by atoms with van der Waals surface area (Å²) in [4.78, 5) is 29.8. The number of halogens is 6. The highest BCUT2D eigenvalue weighted by atomic mass is 35.5. The number of alkyl halides is 5. The molecular weight excluding hydrogens is 511 g/mol. The van der Waals surface area contributed by atoms with E-state index in [0.29, 0.717) is 0 Å². The second-order valence-electron chi connectivity index (χ2n) is 8.81. The van der Waals surface area contributed by atoms with Crippen LogP contribution in [0.5, 0.6) is 0 Å². The fourth-order valence-corrected chi connectivity index (χ4v) is 4.47. The van der Waals surface area contributed by atoms with Crippen LogP contribution in [0.1, 0.15) is 28.8 Å². The van der Waals surface area contributed by atoms with Gasteiger partial charge in [-0.2, -0.15) is 18.3 Å². The molecule has 2 atom stereocenters. The minimum absolute atomic E-state index is 0.0316. The van der Waals surface area contributed by atoms with Crippen LogP contribution in [0, 0.1) is 0 Å². The van der Waals surface area contributed by atoms with Crippen LogP contribution < -0.4 is 11.1 Å². The van der Waals surface area contributed by atoms with E-state index in [1.54, 1.807) is 0 Å². The van der Waals surface area contributed by atoms with Crippen molar-refractivity contribution < 1.29 is 31.5 Å². The minimum atomic E-state index is -4.75. The smallest absolute Gasteiger partial charge is 0.382 e. The molecule has 3 aromatic rings. The molecule has 3 N–H and O–H groups in total. The zero-order chi connectivity index (χ0) is 26.0. The van der Waals surface area contributed by atoms with Crippen LogP contribution in [0.3, 0.4) is 0 Å². The number of hydrogen-bond acceptors (Lipinski definition) is 5. The van der Waals surface area contributed by atoms with Gasteiger partial charge in [-0.25, -0.2) is 18.3 Å². The van der Waals surface area contributed by atoms with Crippen LogP contribution in [0.4, 0.5) is 27.8 Å². The van der Waals surface area contributed by atoms with E-state index in [4.69, 9.17) is 17.3 Å². The van der Waals surface area contributed by atoms with E-state index in [2.05, 4.69) is 15.4 Å². The molecule has 0 bridgehead atoms. The third kappa shape index (κ3) is 4.10. The number of aromatic nitrogens is 3. The predicted molar refractivity (Wildman–Crippen MR) is 119 cm³/mol. The van der Waals surface area contributed by atoms with Crippen molar-refractivity contribution in [2.75, 3.05) is 18.8 Å². The SMILES string of the molecule is Nc1ncnn2c(-c3ccc(Cl)c(C(=O)N[C@@H]4CN(C(=O)C5(F)CC5)C[C@@H]4F)c3)cc(C(F)(F)F)c12. The molecule has 2 aromatic heterocycles. The number of anilines is 1. The van der Waals surface area contributed by atoms with Crippen LogP contribution in [0.15, 0.2) is 30.6 Å². The average Bonchev–Trinajstić information content (AvgIpc) is 3.27. The second kappa shape index (κ2) is 8.29. The van der Waals surface area contributed by atoms with Gasteiger partial charge in [0.05, 0.1) is 34.4 Å². The number of amides is 2. The summed E-state index contributed by atoms with van der Waals surface area (Å²) in [6.07, 6.45) is -5.23. The molecule has 1 saturated heterocycles. The highest BCUT2D eigenvalue weighted by Crippen LogP contribution is 2.42. The van der Waals surface area contributed by atoms with Gasteiger partial charge in [-0.1, -0.05) is 17.7 Å². The van der Waals surface area contributed by atoms with Crippen LogP contribution in [0.2, 0.25) is 5.02 Å².